The second-order valence-corrected chi connectivity index (χ2v) is 9.19. The number of allylic oxidation sites excluding steroid dienone is 1. The summed E-state index contributed by atoms with van der Waals surface area (Å²) in [6, 6.07) is 12.8. The maximum atomic E-state index is 12.2. The molecule has 0 aliphatic heterocycles. The molecule has 0 saturated heterocycles. The number of ether oxygens (including phenoxy) is 3. The van der Waals surface area contributed by atoms with Gasteiger partial charge in [-0.1, -0.05) is 12.1 Å². The SMILES string of the molecule is CN/C=C(\C=N)Nc1nc(-c2cccc(OCC(=O)NC(C)(C)C)c2)nc2ccc(OCCOC)cc12. The molecule has 0 spiro atoms. The summed E-state index contributed by atoms with van der Waals surface area (Å²) in [4.78, 5) is 21.7. The molecule has 0 aliphatic rings. The van der Waals surface area contributed by atoms with Gasteiger partial charge in [0.1, 0.15) is 23.9 Å². The van der Waals surface area contributed by atoms with E-state index in [2.05, 4.69) is 16.0 Å². The van der Waals surface area contributed by atoms with Gasteiger partial charge < -0.3 is 35.6 Å². The van der Waals surface area contributed by atoms with E-state index in [9.17, 15) is 4.79 Å². The Hall–Kier alpha value is -4.18. The van der Waals surface area contributed by atoms with Gasteiger partial charge in [0.25, 0.3) is 5.91 Å². The van der Waals surface area contributed by atoms with Crippen LogP contribution in [-0.2, 0) is 9.53 Å². The summed E-state index contributed by atoms with van der Waals surface area (Å²) in [6.45, 7) is 6.53. The molecule has 0 saturated carbocycles. The van der Waals surface area contributed by atoms with E-state index < -0.39 is 0 Å². The Morgan fingerprint density at radius 2 is 1.84 bits per heavy atom. The van der Waals surface area contributed by atoms with Crippen LogP contribution in [0.15, 0.2) is 54.4 Å². The molecule has 0 atom stereocenters. The van der Waals surface area contributed by atoms with Crippen molar-refractivity contribution in [3.8, 4) is 22.9 Å². The molecular weight excluding hydrogens is 472 g/mol. The van der Waals surface area contributed by atoms with Gasteiger partial charge in [-0.2, -0.15) is 0 Å². The zero-order chi connectivity index (χ0) is 26.8. The van der Waals surface area contributed by atoms with Gasteiger partial charge in [0, 0.05) is 43.1 Å². The predicted octanol–water partition coefficient (Wildman–Crippen LogP) is 3.74. The van der Waals surface area contributed by atoms with E-state index in [-0.39, 0.29) is 18.1 Å². The Balaban J connectivity index is 1.95. The molecule has 0 aliphatic carbocycles. The molecule has 0 bridgehead atoms. The highest BCUT2D eigenvalue weighted by molar-refractivity contribution is 5.94. The molecule has 0 unspecified atom stereocenters. The minimum atomic E-state index is -0.337. The van der Waals surface area contributed by atoms with Gasteiger partial charge in [0.2, 0.25) is 0 Å². The Labute approximate surface area is 217 Å². The Bertz CT molecular complexity index is 1270. The van der Waals surface area contributed by atoms with Gasteiger partial charge in [0.15, 0.2) is 12.4 Å². The third kappa shape index (κ3) is 8.18. The lowest BCUT2D eigenvalue weighted by atomic mass is 10.1. The van der Waals surface area contributed by atoms with E-state index in [0.717, 1.165) is 5.39 Å². The topological polar surface area (TPSA) is 130 Å². The van der Waals surface area contributed by atoms with Crippen LogP contribution in [0.3, 0.4) is 0 Å². The first-order valence-corrected chi connectivity index (χ1v) is 11.8. The third-order valence-electron chi connectivity index (χ3n) is 4.92. The van der Waals surface area contributed by atoms with E-state index in [1.54, 1.807) is 32.5 Å². The number of methoxy groups -OCH3 is 1. The lowest BCUT2D eigenvalue weighted by Gasteiger charge is -2.20. The highest BCUT2D eigenvalue weighted by Gasteiger charge is 2.15. The van der Waals surface area contributed by atoms with Gasteiger partial charge in [-0.05, 0) is 51.1 Å². The number of amides is 1. The standard InChI is InChI=1S/C27H34N6O4/c1-27(2,3)33-24(34)17-37-20-8-6-7-18(13-20)25-31-23-10-9-21(36-12-11-35-5)14-22(23)26(32-25)30-19(15-28)16-29-4/h6-10,13-16,28-29H,11-12,17H2,1-5H3,(H,33,34)(H,30,31,32)/b19-16+,28-15?. The predicted molar refractivity (Wildman–Crippen MR) is 145 cm³/mol. The Morgan fingerprint density at radius 3 is 2.54 bits per heavy atom. The number of carbonyl (C=O) groups excluding carboxylic acids is 1. The summed E-state index contributed by atoms with van der Waals surface area (Å²) in [5.41, 5.74) is 1.58. The van der Waals surface area contributed by atoms with Gasteiger partial charge in [0.05, 0.1) is 17.8 Å². The molecule has 1 heterocycles. The molecule has 10 heteroatoms. The molecule has 37 heavy (non-hydrogen) atoms. The fourth-order valence-corrected chi connectivity index (χ4v) is 3.40. The van der Waals surface area contributed by atoms with Crippen LogP contribution in [0.4, 0.5) is 5.82 Å². The van der Waals surface area contributed by atoms with Crippen LogP contribution in [-0.4, -0.2) is 61.6 Å². The number of hydrogen-bond donors (Lipinski definition) is 4. The molecular formula is C27H34N6O4. The molecule has 0 fully saturated rings. The summed E-state index contributed by atoms with van der Waals surface area (Å²) >= 11 is 0. The van der Waals surface area contributed by atoms with Crippen molar-refractivity contribution in [2.75, 3.05) is 39.3 Å². The third-order valence-corrected chi connectivity index (χ3v) is 4.92. The molecule has 10 nitrogen and oxygen atoms in total. The number of carbonyl (C=O) groups is 1. The average molecular weight is 507 g/mol. The van der Waals surface area contributed by atoms with Crippen molar-refractivity contribution in [2.45, 2.75) is 26.3 Å². The lowest BCUT2D eigenvalue weighted by Crippen LogP contribution is -2.43. The Morgan fingerprint density at radius 1 is 1.05 bits per heavy atom. The number of fused-ring (bicyclic) bond motifs is 1. The van der Waals surface area contributed by atoms with Crippen LogP contribution in [0.5, 0.6) is 11.5 Å². The van der Waals surface area contributed by atoms with Crippen molar-refractivity contribution in [3.05, 3.63) is 54.4 Å². The van der Waals surface area contributed by atoms with E-state index in [1.807, 2.05) is 51.1 Å². The van der Waals surface area contributed by atoms with Gasteiger partial charge in [-0.25, -0.2) is 9.97 Å². The summed E-state index contributed by atoms with van der Waals surface area (Å²) in [7, 11) is 3.37. The quantitative estimate of drug-likeness (QED) is 0.216. The normalized spacial score (nSPS) is 11.6. The maximum Gasteiger partial charge on any atom is 0.258 e. The highest BCUT2D eigenvalue weighted by Crippen LogP contribution is 2.30. The number of hydrogen-bond acceptors (Lipinski definition) is 9. The minimum Gasteiger partial charge on any atom is -0.491 e. The summed E-state index contributed by atoms with van der Waals surface area (Å²) in [5.74, 6) is 1.95. The number of nitrogens with zero attached hydrogens (tertiary/aromatic N) is 2. The molecule has 3 aromatic rings. The fraction of sp³-hybridized carbons (Fsp3) is 0.333. The number of rotatable bonds is 12. The van der Waals surface area contributed by atoms with Crippen molar-refractivity contribution in [1.29, 1.82) is 5.41 Å². The van der Waals surface area contributed by atoms with E-state index in [1.165, 1.54) is 6.21 Å². The fourth-order valence-electron chi connectivity index (χ4n) is 3.40. The first-order valence-electron chi connectivity index (χ1n) is 11.8. The second kappa shape index (κ2) is 12.7. The molecule has 1 amide bonds. The van der Waals surface area contributed by atoms with Gasteiger partial charge in [-0.3, -0.25) is 4.79 Å². The lowest BCUT2D eigenvalue weighted by molar-refractivity contribution is -0.124. The van der Waals surface area contributed by atoms with Crippen LogP contribution in [0.25, 0.3) is 22.3 Å². The number of nitrogens with one attached hydrogen (secondary N) is 4. The molecule has 196 valence electrons. The smallest absolute Gasteiger partial charge is 0.258 e. The summed E-state index contributed by atoms with van der Waals surface area (Å²) < 4.78 is 16.5. The molecule has 0 radical (unpaired) electrons. The van der Waals surface area contributed by atoms with Crippen LogP contribution in [0.1, 0.15) is 20.8 Å². The second-order valence-electron chi connectivity index (χ2n) is 9.19. The number of anilines is 1. The Kier molecular flexibility index (Phi) is 9.39. The van der Waals surface area contributed by atoms with E-state index >= 15 is 0 Å². The first kappa shape index (κ1) is 27.4. The van der Waals surface area contributed by atoms with E-state index in [0.29, 0.717) is 53.1 Å². The van der Waals surface area contributed by atoms with Crippen LogP contribution in [0.2, 0.25) is 0 Å². The molecule has 4 N–H and O–H groups in total. The zero-order valence-electron chi connectivity index (χ0n) is 21.8. The van der Waals surface area contributed by atoms with E-state index in [4.69, 9.17) is 29.6 Å². The van der Waals surface area contributed by atoms with Crippen molar-refractivity contribution >= 4 is 28.8 Å². The summed E-state index contributed by atoms with van der Waals surface area (Å²) in [5, 5.41) is 17.4. The van der Waals surface area contributed by atoms with Crippen LogP contribution in [0, 0.1) is 5.41 Å². The molecule has 2 aromatic carbocycles. The molecule has 3 rings (SSSR count). The number of benzene rings is 2. The monoisotopic (exact) mass is 506 g/mol. The largest absolute Gasteiger partial charge is 0.491 e. The first-order chi connectivity index (χ1) is 17.7. The van der Waals surface area contributed by atoms with Crippen molar-refractivity contribution in [3.63, 3.8) is 0 Å². The van der Waals surface area contributed by atoms with Crippen molar-refractivity contribution in [1.82, 2.24) is 20.6 Å². The van der Waals surface area contributed by atoms with Crippen LogP contribution < -0.4 is 25.4 Å². The van der Waals surface area contributed by atoms with Gasteiger partial charge in [-0.15, -0.1) is 0 Å². The highest BCUT2D eigenvalue weighted by atomic mass is 16.5. The molecule has 1 aromatic heterocycles. The minimum absolute atomic E-state index is 0.102. The number of aromatic nitrogens is 2. The van der Waals surface area contributed by atoms with Crippen LogP contribution >= 0.6 is 0 Å². The summed E-state index contributed by atoms with van der Waals surface area (Å²) in [6.07, 6.45) is 2.86. The zero-order valence-corrected chi connectivity index (χ0v) is 21.8. The average Bonchev–Trinajstić information content (AvgIpc) is 2.86. The van der Waals surface area contributed by atoms with Crippen molar-refractivity contribution in [2.24, 2.45) is 0 Å². The maximum absolute atomic E-state index is 12.2. The van der Waals surface area contributed by atoms with Crippen molar-refractivity contribution < 1.29 is 19.0 Å². The van der Waals surface area contributed by atoms with Gasteiger partial charge >= 0.3 is 0 Å².